The molecule has 128 valence electrons. The van der Waals surface area contributed by atoms with Crippen molar-refractivity contribution in [2.75, 3.05) is 0 Å². The highest BCUT2D eigenvalue weighted by atomic mass is 32.1. The smallest absolute Gasteiger partial charge is 0.236 e. The second-order valence-corrected chi connectivity index (χ2v) is 7.79. The van der Waals surface area contributed by atoms with Crippen molar-refractivity contribution in [2.45, 2.75) is 6.92 Å². The second-order valence-electron chi connectivity index (χ2n) is 6.76. The van der Waals surface area contributed by atoms with E-state index in [0.29, 0.717) is 0 Å². The Morgan fingerprint density at radius 2 is 1.30 bits per heavy atom. The van der Waals surface area contributed by atoms with Gasteiger partial charge in [-0.3, -0.25) is 4.57 Å². The molecule has 4 heteroatoms. The lowest BCUT2D eigenvalue weighted by Gasteiger charge is -2.07. The van der Waals surface area contributed by atoms with Crippen LogP contribution in [-0.2, 0) is 0 Å². The number of rotatable bonds is 1. The molecule has 0 fully saturated rings. The van der Waals surface area contributed by atoms with Crippen LogP contribution in [0.1, 0.15) is 5.69 Å². The SMILES string of the molecule is Cc1nc(-n2c3ccccc3c3ccccc32)nc2sc3ccccc3c12. The zero-order valence-electron chi connectivity index (χ0n) is 14.7. The monoisotopic (exact) mass is 365 g/mol. The summed E-state index contributed by atoms with van der Waals surface area (Å²) >= 11 is 1.73. The van der Waals surface area contributed by atoms with Gasteiger partial charge in [-0.2, -0.15) is 0 Å². The first-order valence-corrected chi connectivity index (χ1v) is 9.77. The summed E-state index contributed by atoms with van der Waals surface area (Å²) < 4.78 is 3.44. The van der Waals surface area contributed by atoms with Crippen LogP contribution < -0.4 is 0 Å². The number of nitrogens with zero attached hydrogens (tertiary/aromatic N) is 3. The Hall–Kier alpha value is -3.24. The molecule has 6 aromatic rings. The van der Waals surface area contributed by atoms with Crippen molar-refractivity contribution in [3.05, 3.63) is 78.5 Å². The molecule has 0 N–H and O–H groups in total. The number of hydrogen-bond acceptors (Lipinski definition) is 3. The quantitative estimate of drug-likeness (QED) is 0.345. The van der Waals surface area contributed by atoms with Crippen LogP contribution in [0.15, 0.2) is 72.8 Å². The molecule has 0 radical (unpaired) electrons. The van der Waals surface area contributed by atoms with Gasteiger partial charge in [-0.25, -0.2) is 9.97 Å². The Balaban J connectivity index is 1.76. The van der Waals surface area contributed by atoms with Crippen LogP contribution in [0.4, 0.5) is 0 Å². The van der Waals surface area contributed by atoms with Gasteiger partial charge in [-0.1, -0.05) is 54.6 Å². The van der Waals surface area contributed by atoms with Crippen molar-refractivity contribution in [1.29, 1.82) is 0 Å². The molecule has 0 aliphatic heterocycles. The minimum Gasteiger partial charge on any atom is -0.278 e. The van der Waals surface area contributed by atoms with Gasteiger partial charge < -0.3 is 0 Å². The van der Waals surface area contributed by atoms with Gasteiger partial charge in [0.05, 0.1) is 16.7 Å². The zero-order valence-corrected chi connectivity index (χ0v) is 15.5. The molecule has 3 aromatic heterocycles. The molecule has 6 rings (SSSR count). The van der Waals surface area contributed by atoms with Gasteiger partial charge in [-0.05, 0) is 25.1 Å². The van der Waals surface area contributed by atoms with Crippen LogP contribution >= 0.6 is 11.3 Å². The van der Waals surface area contributed by atoms with Crippen LogP contribution in [0.2, 0.25) is 0 Å². The Kier molecular flexibility index (Phi) is 2.96. The van der Waals surface area contributed by atoms with E-state index in [2.05, 4.69) is 84.3 Å². The van der Waals surface area contributed by atoms with Gasteiger partial charge in [0.1, 0.15) is 4.83 Å². The van der Waals surface area contributed by atoms with Gasteiger partial charge in [-0.15, -0.1) is 11.3 Å². The third-order valence-corrected chi connectivity index (χ3v) is 6.25. The standard InChI is InChI=1S/C23H15N3S/c1-14-21-17-10-4-7-13-20(17)27-22(21)25-23(24-14)26-18-11-5-2-8-15(18)16-9-3-6-12-19(16)26/h2-13H,1H3. The lowest BCUT2D eigenvalue weighted by atomic mass is 10.2. The first kappa shape index (κ1) is 14.9. The van der Waals surface area contributed by atoms with Gasteiger partial charge in [0, 0.05) is 26.2 Å². The van der Waals surface area contributed by atoms with Crippen LogP contribution in [0.3, 0.4) is 0 Å². The Morgan fingerprint density at radius 1 is 0.704 bits per heavy atom. The average molecular weight is 365 g/mol. The molecule has 27 heavy (non-hydrogen) atoms. The van der Waals surface area contributed by atoms with Crippen molar-refractivity contribution in [3.8, 4) is 5.95 Å². The highest BCUT2D eigenvalue weighted by Crippen LogP contribution is 2.36. The van der Waals surface area contributed by atoms with Crippen LogP contribution in [0.5, 0.6) is 0 Å². The van der Waals surface area contributed by atoms with E-state index in [0.717, 1.165) is 27.5 Å². The number of aryl methyl sites for hydroxylation is 1. The molecule has 0 saturated heterocycles. The molecular weight excluding hydrogens is 350 g/mol. The molecule has 0 atom stereocenters. The van der Waals surface area contributed by atoms with E-state index in [-0.39, 0.29) is 0 Å². The van der Waals surface area contributed by atoms with E-state index in [1.807, 2.05) is 0 Å². The van der Waals surface area contributed by atoms with Crippen molar-refractivity contribution in [2.24, 2.45) is 0 Å². The maximum atomic E-state index is 4.99. The maximum absolute atomic E-state index is 4.99. The van der Waals surface area contributed by atoms with E-state index < -0.39 is 0 Å². The molecule has 0 aliphatic rings. The summed E-state index contributed by atoms with van der Waals surface area (Å²) in [6, 6.07) is 25.4. The minimum atomic E-state index is 0.740. The minimum absolute atomic E-state index is 0.740. The molecule has 0 saturated carbocycles. The number of para-hydroxylation sites is 2. The normalized spacial score (nSPS) is 11.9. The summed E-state index contributed by atoms with van der Waals surface area (Å²) in [5.74, 6) is 0.740. The molecule has 3 aromatic carbocycles. The van der Waals surface area contributed by atoms with Crippen LogP contribution in [-0.4, -0.2) is 14.5 Å². The molecule has 0 spiro atoms. The van der Waals surface area contributed by atoms with Crippen molar-refractivity contribution in [1.82, 2.24) is 14.5 Å². The van der Waals surface area contributed by atoms with Gasteiger partial charge >= 0.3 is 0 Å². The highest BCUT2D eigenvalue weighted by Gasteiger charge is 2.16. The third-order valence-electron chi connectivity index (χ3n) is 5.19. The highest BCUT2D eigenvalue weighted by molar-refractivity contribution is 7.25. The van der Waals surface area contributed by atoms with E-state index >= 15 is 0 Å². The molecular formula is C23H15N3S. The third kappa shape index (κ3) is 2.02. The number of hydrogen-bond donors (Lipinski definition) is 0. The molecule has 0 aliphatic carbocycles. The van der Waals surface area contributed by atoms with Gasteiger partial charge in [0.25, 0.3) is 0 Å². The molecule has 3 heterocycles. The summed E-state index contributed by atoms with van der Waals surface area (Å²) in [7, 11) is 0. The predicted octanol–water partition coefficient (Wildman–Crippen LogP) is 6.25. The first-order chi connectivity index (χ1) is 13.3. The number of thiophene rings is 1. The largest absolute Gasteiger partial charge is 0.278 e. The number of fused-ring (bicyclic) bond motifs is 6. The second kappa shape index (κ2) is 5.38. The van der Waals surface area contributed by atoms with Crippen LogP contribution in [0, 0.1) is 6.92 Å². The lowest BCUT2D eigenvalue weighted by Crippen LogP contribution is -2.02. The summed E-state index contributed by atoms with van der Waals surface area (Å²) in [6.07, 6.45) is 0. The number of benzene rings is 3. The van der Waals surface area contributed by atoms with E-state index in [1.54, 1.807) is 11.3 Å². The summed E-state index contributed by atoms with van der Waals surface area (Å²) in [4.78, 5) is 11.0. The first-order valence-electron chi connectivity index (χ1n) is 8.96. The summed E-state index contributed by atoms with van der Waals surface area (Å²) in [5.41, 5.74) is 3.30. The number of aromatic nitrogens is 3. The predicted molar refractivity (Wildman–Crippen MR) is 114 cm³/mol. The Bertz CT molecular complexity index is 1440. The fraction of sp³-hybridized carbons (Fsp3) is 0.0435. The summed E-state index contributed by atoms with van der Waals surface area (Å²) in [5, 5.41) is 4.86. The van der Waals surface area contributed by atoms with Gasteiger partial charge in [0.2, 0.25) is 5.95 Å². The Labute approximate surface area is 159 Å². The zero-order chi connectivity index (χ0) is 18.0. The summed E-state index contributed by atoms with van der Waals surface area (Å²) in [6.45, 7) is 2.08. The van der Waals surface area contributed by atoms with Crippen molar-refractivity contribution in [3.63, 3.8) is 0 Å². The van der Waals surface area contributed by atoms with Gasteiger partial charge in [0.15, 0.2) is 0 Å². The fourth-order valence-electron chi connectivity index (χ4n) is 4.02. The topological polar surface area (TPSA) is 30.7 Å². The van der Waals surface area contributed by atoms with E-state index in [1.165, 1.54) is 26.2 Å². The van der Waals surface area contributed by atoms with E-state index in [4.69, 9.17) is 9.97 Å². The Morgan fingerprint density at radius 3 is 2.00 bits per heavy atom. The van der Waals surface area contributed by atoms with E-state index in [9.17, 15) is 0 Å². The molecule has 0 bridgehead atoms. The van der Waals surface area contributed by atoms with Crippen molar-refractivity contribution < 1.29 is 0 Å². The fourth-order valence-corrected chi connectivity index (χ4v) is 5.14. The lowest BCUT2D eigenvalue weighted by molar-refractivity contribution is 0.993. The molecule has 3 nitrogen and oxygen atoms in total. The van der Waals surface area contributed by atoms with Crippen LogP contribution in [0.25, 0.3) is 48.1 Å². The molecule has 0 amide bonds. The van der Waals surface area contributed by atoms with Crippen molar-refractivity contribution >= 4 is 53.4 Å². The average Bonchev–Trinajstić information content (AvgIpc) is 3.23. The maximum Gasteiger partial charge on any atom is 0.236 e. The molecule has 0 unspecified atom stereocenters.